The number of hydrogen-bond donors (Lipinski definition) is 2. The standard InChI is InChI=1S/C14H20N4O2S/c1-5-18-8-14(16-11(18)4)21(19,20)17-13-7-9(2)12(15)6-10(13)3/h6-8,17H,5,15H2,1-4H3. The van der Waals surface area contributed by atoms with E-state index < -0.39 is 10.0 Å². The molecule has 1 heterocycles. The molecule has 0 radical (unpaired) electrons. The Bertz CT molecular complexity index is 779. The van der Waals surface area contributed by atoms with Gasteiger partial charge in [-0.25, -0.2) is 4.98 Å². The van der Waals surface area contributed by atoms with Crippen LogP contribution in [0.5, 0.6) is 0 Å². The van der Waals surface area contributed by atoms with Crippen molar-refractivity contribution in [1.29, 1.82) is 0 Å². The van der Waals surface area contributed by atoms with Crippen molar-refractivity contribution in [2.24, 2.45) is 0 Å². The highest BCUT2D eigenvalue weighted by molar-refractivity contribution is 7.92. The molecule has 0 saturated heterocycles. The molecule has 0 bridgehead atoms. The lowest BCUT2D eigenvalue weighted by Crippen LogP contribution is -2.14. The number of hydrogen-bond acceptors (Lipinski definition) is 4. The van der Waals surface area contributed by atoms with Crippen LogP contribution in [0.25, 0.3) is 0 Å². The van der Waals surface area contributed by atoms with Gasteiger partial charge in [-0.2, -0.15) is 8.42 Å². The van der Waals surface area contributed by atoms with E-state index in [1.807, 2.05) is 20.8 Å². The molecule has 1 aromatic heterocycles. The van der Waals surface area contributed by atoms with Crippen molar-refractivity contribution in [1.82, 2.24) is 9.55 Å². The highest BCUT2D eigenvalue weighted by Gasteiger charge is 2.20. The number of rotatable bonds is 4. The molecule has 0 amide bonds. The fraction of sp³-hybridized carbons (Fsp3) is 0.357. The molecule has 114 valence electrons. The molecule has 0 aliphatic carbocycles. The van der Waals surface area contributed by atoms with E-state index in [1.165, 1.54) is 6.20 Å². The summed E-state index contributed by atoms with van der Waals surface area (Å²) in [5.41, 5.74) is 8.57. The predicted molar refractivity (Wildman–Crippen MR) is 83.8 cm³/mol. The van der Waals surface area contributed by atoms with Gasteiger partial charge in [0.2, 0.25) is 0 Å². The van der Waals surface area contributed by atoms with E-state index in [1.54, 1.807) is 23.6 Å². The smallest absolute Gasteiger partial charge is 0.280 e. The minimum absolute atomic E-state index is 0.0238. The lowest BCUT2D eigenvalue weighted by molar-refractivity contribution is 0.598. The average Bonchev–Trinajstić information content (AvgIpc) is 2.78. The van der Waals surface area contributed by atoms with E-state index in [9.17, 15) is 8.42 Å². The van der Waals surface area contributed by atoms with Gasteiger partial charge in [0.25, 0.3) is 10.0 Å². The Morgan fingerprint density at radius 1 is 1.24 bits per heavy atom. The zero-order valence-corrected chi connectivity index (χ0v) is 13.5. The number of aromatic nitrogens is 2. The van der Waals surface area contributed by atoms with E-state index in [2.05, 4.69) is 9.71 Å². The fourth-order valence-corrected chi connectivity index (χ4v) is 3.21. The zero-order valence-electron chi connectivity index (χ0n) is 12.6. The Hall–Kier alpha value is -2.02. The van der Waals surface area contributed by atoms with E-state index in [0.717, 1.165) is 11.1 Å². The molecular formula is C14H20N4O2S. The zero-order chi connectivity index (χ0) is 15.8. The number of anilines is 2. The summed E-state index contributed by atoms with van der Waals surface area (Å²) in [6.45, 7) is 8.04. The van der Waals surface area contributed by atoms with Crippen molar-refractivity contribution in [2.45, 2.75) is 39.3 Å². The molecule has 6 nitrogen and oxygen atoms in total. The van der Waals surface area contributed by atoms with Crippen LogP contribution in [-0.2, 0) is 16.6 Å². The molecule has 0 aliphatic rings. The molecule has 0 saturated carbocycles. The number of nitrogens with zero attached hydrogens (tertiary/aromatic N) is 2. The Morgan fingerprint density at radius 3 is 2.48 bits per heavy atom. The van der Waals surface area contributed by atoms with Crippen LogP contribution >= 0.6 is 0 Å². The normalized spacial score (nSPS) is 11.6. The van der Waals surface area contributed by atoms with Crippen molar-refractivity contribution in [2.75, 3.05) is 10.5 Å². The lowest BCUT2D eigenvalue weighted by atomic mass is 10.1. The van der Waals surface area contributed by atoms with Crippen molar-refractivity contribution in [3.05, 3.63) is 35.3 Å². The first-order valence-corrected chi connectivity index (χ1v) is 8.16. The molecule has 3 N–H and O–H groups in total. The summed E-state index contributed by atoms with van der Waals surface area (Å²) in [5, 5.41) is 0.0238. The molecular weight excluding hydrogens is 288 g/mol. The average molecular weight is 308 g/mol. The first-order chi connectivity index (χ1) is 9.74. The molecule has 2 aromatic rings. The van der Waals surface area contributed by atoms with Gasteiger partial charge in [0, 0.05) is 18.4 Å². The largest absolute Gasteiger partial charge is 0.399 e. The van der Waals surface area contributed by atoms with Crippen molar-refractivity contribution in [3.63, 3.8) is 0 Å². The Labute approximate surface area is 125 Å². The molecule has 0 spiro atoms. The van der Waals surface area contributed by atoms with E-state index >= 15 is 0 Å². The number of nitrogen functional groups attached to an aromatic ring is 1. The lowest BCUT2D eigenvalue weighted by Gasteiger charge is -2.11. The summed E-state index contributed by atoms with van der Waals surface area (Å²) in [4.78, 5) is 4.11. The number of nitrogens with two attached hydrogens (primary N) is 1. The number of aryl methyl sites for hydroxylation is 4. The number of nitrogens with one attached hydrogen (secondary N) is 1. The third-order valence-electron chi connectivity index (χ3n) is 3.43. The molecule has 2 rings (SSSR count). The van der Waals surface area contributed by atoms with Gasteiger partial charge in [-0.15, -0.1) is 0 Å². The summed E-state index contributed by atoms with van der Waals surface area (Å²) in [6.07, 6.45) is 1.54. The highest BCUT2D eigenvalue weighted by atomic mass is 32.2. The maximum atomic E-state index is 12.4. The maximum Gasteiger partial charge on any atom is 0.280 e. The van der Waals surface area contributed by atoms with Crippen LogP contribution in [-0.4, -0.2) is 18.0 Å². The van der Waals surface area contributed by atoms with Gasteiger partial charge in [-0.05, 0) is 51.0 Å². The van der Waals surface area contributed by atoms with Gasteiger partial charge in [0.05, 0.1) is 5.69 Å². The van der Waals surface area contributed by atoms with Gasteiger partial charge in [-0.1, -0.05) is 0 Å². The SMILES string of the molecule is CCn1cc(S(=O)(=O)Nc2cc(C)c(N)cc2C)nc1C. The van der Waals surface area contributed by atoms with Gasteiger partial charge in [0.15, 0.2) is 5.03 Å². The molecule has 0 fully saturated rings. The number of imidazole rings is 1. The first-order valence-electron chi connectivity index (χ1n) is 6.68. The van der Waals surface area contributed by atoms with Gasteiger partial charge in [-0.3, -0.25) is 4.72 Å². The van der Waals surface area contributed by atoms with E-state index in [-0.39, 0.29) is 5.03 Å². The van der Waals surface area contributed by atoms with E-state index in [4.69, 9.17) is 5.73 Å². The van der Waals surface area contributed by atoms with Crippen LogP contribution in [0, 0.1) is 20.8 Å². The summed E-state index contributed by atoms with van der Waals surface area (Å²) >= 11 is 0. The summed E-state index contributed by atoms with van der Waals surface area (Å²) in [5.74, 6) is 0.670. The number of benzene rings is 1. The Balaban J connectivity index is 2.39. The second-order valence-electron chi connectivity index (χ2n) is 5.04. The molecule has 7 heteroatoms. The van der Waals surface area contributed by atoms with Crippen LogP contribution in [0.2, 0.25) is 0 Å². The molecule has 21 heavy (non-hydrogen) atoms. The monoisotopic (exact) mass is 308 g/mol. The van der Waals surface area contributed by atoms with Crippen LogP contribution in [0.15, 0.2) is 23.4 Å². The minimum atomic E-state index is -3.70. The van der Waals surface area contributed by atoms with E-state index in [0.29, 0.717) is 23.7 Å². The van der Waals surface area contributed by atoms with Crippen LogP contribution in [0.4, 0.5) is 11.4 Å². The third kappa shape index (κ3) is 3.02. The second-order valence-corrected chi connectivity index (χ2v) is 6.67. The Kier molecular flexibility index (Phi) is 3.95. The van der Waals surface area contributed by atoms with Crippen LogP contribution < -0.4 is 10.5 Å². The molecule has 0 aliphatic heterocycles. The van der Waals surface area contributed by atoms with Gasteiger partial charge >= 0.3 is 0 Å². The quantitative estimate of drug-likeness (QED) is 0.847. The predicted octanol–water partition coefficient (Wildman–Crippen LogP) is 2.21. The van der Waals surface area contributed by atoms with Gasteiger partial charge < -0.3 is 10.3 Å². The number of sulfonamides is 1. The van der Waals surface area contributed by atoms with Crippen molar-refractivity contribution < 1.29 is 8.42 Å². The topological polar surface area (TPSA) is 90.0 Å². The van der Waals surface area contributed by atoms with Gasteiger partial charge in [0.1, 0.15) is 5.82 Å². The maximum absolute atomic E-state index is 12.4. The third-order valence-corrected chi connectivity index (χ3v) is 4.66. The first kappa shape index (κ1) is 15.4. The Morgan fingerprint density at radius 2 is 1.90 bits per heavy atom. The second kappa shape index (κ2) is 5.40. The summed E-state index contributed by atoms with van der Waals surface area (Å²) < 4.78 is 29.2. The van der Waals surface area contributed by atoms with Crippen LogP contribution in [0.3, 0.4) is 0 Å². The van der Waals surface area contributed by atoms with Crippen LogP contribution in [0.1, 0.15) is 23.9 Å². The summed E-state index contributed by atoms with van der Waals surface area (Å²) in [6, 6.07) is 3.48. The fourth-order valence-electron chi connectivity index (χ4n) is 2.07. The molecule has 1 aromatic carbocycles. The molecule has 0 unspecified atom stereocenters. The highest BCUT2D eigenvalue weighted by Crippen LogP contribution is 2.24. The van der Waals surface area contributed by atoms with Crippen molar-refractivity contribution in [3.8, 4) is 0 Å². The van der Waals surface area contributed by atoms with Crippen molar-refractivity contribution >= 4 is 21.4 Å². The molecule has 0 atom stereocenters. The minimum Gasteiger partial charge on any atom is -0.399 e. The summed E-state index contributed by atoms with van der Waals surface area (Å²) in [7, 11) is -3.70.